The summed E-state index contributed by atoms with van der Waals surface area (Å²) in [6.45, 7) is 1.15. The molecule has 0 radical (unpaired) electrons. The van der Waals surface area contributed by atoms with Gasteiger partial charge >= 0.3 is 8.25 Å². The van der Waals surface area contributed by atoms with E-state index < -0.39 is 8.25 Å². The Balaban J connectivity index is 2.83. The zero-order valence-corrected chi connectivity index (χ0v) is 6.23. The van der Waals surface area contributed by atoms with Crippen LogP contribution in [0.3, 0.4) is 0 Å². The van der Waals surface area contributed by atoms with Gasteiger partial charge in [0.1, 0.15) is 6.61 Å². The van der Waals surface area contributed by atoms with Crippen molar-refractivity contribution in [1.29, 1.82) is 0 Å². The first kappa shape index (κ1) is 8.98. The normalized spacial score (nSPS) is 11.6. The van der Waals surface area contributed by atoms with Crippen LogP contribution < -0.4 is 5.32 Å². The topological polar surface area (TPSA) is 58.6 Å². The van der Waals surface area contributed by atoms with E-state index in [0.29, 0.717) is 6.61 Å². The standard InChI is InChI=1S/C4H10NO3P/c1-5-3-2-4-8-9(6)7/h5H,2-4H2,1H3/p+1. The van der Waals surface area contributed by atoms with Crippen LogP contribution in [0.15, 0.2) is 0 Å². The van der Waals surface area contributed by atoms with E-state index in [1.807, 2.05) is 7.05 Å². The van der Waals surface area contributed by atoms with Crippen LogP contribution in [-0.2, 0) is 9.09 Å². The van der Waals surface area contributed by atoms with Crippen molar-refractivity contribution in [2.75, 3.05) is 20.2 Å². The van der Waals surface area contributed by atoms with E-state index >= 15 is 0 Å². The summed E-state index contributed by atoms with van der Waals surface area (Å²) in [5.41, 5.74) is 0. The molecule has 4 nitrogen and oxygen atoms in total. The van der Waals surface area contributed by atoms with Crippen LogP contribution in [0.1, 0.15) is 6.42 Å². The van der Waals surface area contributed by atoms with E-state index in [-0.39, 0.29) is 0 Å². The van der Waals surface area contributed by atoms with Gasteiger partial charge in [-0.15, -0.1) is 9.42 Å². The molecule has 0 rings (SSSR count). The van der Waals surface area contributed by atoms with Crippen molar-refractivity contribution in [2.24, 2.45) is 0 Å². The zero-order valence-electron chi connectivity index (χ0n) is 5.33. The summed E-state index contributed by atoms with van der Waals surface area (Å²) in [7, 11) is -0.576. The van der Waals surface area contributed by atoms with E-state index in [1.165, 1.54) is 0 Å². The van der Waals surface area contributed by atoms with Crippen LogP contribution in [0.2, 0.25) is 0 Å². The maximum Gasteiger partial charge on any atom is 0.694 e. The van der Waals surface area contributed by atoms with Crippen molar-refractivity contribution in [1.82, 2.24) is 5.32 Å². The molecule has 0 fully saturated rings. The van der Waals surface area contributed by atoms with Gasteiger partial charge in [0.2, 0.25) is 0 Å². The molecule has 0 aromatic carbocycles. The van der Waals surface area contributed by atoms with Gasteiger partial charge in [0.25, 0.3) is 0 Å². The van der Waals surface area contributed by atoms with E-state index in [0.717, 1.165) is 13.0 Å². The van der Waals surface area contributed by atoms with Crippen molar-refractivity contribution < 1.29 is 14.0 Å². The number of hydrogen-bond donors (Lipinski definition) is 2. The molecule has 0 aliphatic rings. The maximum atomic E-state index is 9.87. The molecular weight excluding hydrogens is 141 g/mol. The molecule has 0 bridgehead atoms. The minimum absolute atomic E-state index is 0.340. The van der Waals surface area contributed by atoms with E-state index in [9.17, 15) is 4.57 Å². The molecule has 0 aliphatic carbocycles. The Kier molecular flexibility index (Phi) is 6.09. The molecule has 54 valence electrons. The molecule has 0 saturated heterocycles. The lowest BCUT2D eigenvalue weighted by molar-refractivity contribution is 0.277. The minimum atomic E-state index is -2.39. The van der Waals surface area contributed by atoms with Crippen LogP contribution in [0.4, 0.5) is 0 Å². The third-order valence-electron chi connectivity index (χ3n) is 0.773. The van der Waals surface area contributed by atoms with Crippen molar-refractivity contribution in [3.05, 3.63) is 0 Å². The molecule has 1 atom stereocenters. The van der Waals surface area contributed by atoms with Gasteiger partial charge in [0.15, 0.2) is 0 Å². The highest BCUT2D eigenvalue weighted by atomic mass is 31.1. The average Bonchev–Trinajstić information content (AvgIpc) is 1.80. The minimum Gasteiger partial charge on any atom is -0.320 e. The smallest absolute Gasteiger partial charge is 0.320 e. The van der Waals surface area contributed by atoms with E-state index in [2.05, 4.69) is 9.84 Å². The largest absolute Gasteiger partial charge is 0.694 e. The van der Waals surface area contributed by atoms with Gasteiger partial charge in [-0.25, -0.2) is 0 Å². The number of hydrogen-bond acceptors (Lipinski definition) is 3. The van der Waals surface area contributed by atoms with Crippen molar-refractivity contribution in [3.63, 3.8) is 0 Å². The molecule has 9 heavy (non-hydrogen) atoms. The fourth-order valence-electron chi connectivity index (χ4n) is 0.392. The Labute approximate surface area is 55.2 Å². The highest BCUT2D eigenvalue weighted by Gasteiger charge is 2.09. The lowest BCUT2D eigenvalue weighted by Crippen LogP contribution is -2.09. The summed E-state index contributed by atoms with van der Waals surface area (Å²) in [6, 6.07) is 0. The summed E-state index contributed by atoms with van der Waals surface area (Å²) < 4.78 is 14.2. The van der Waals surface area contributed by atoms with Crippen LogP contribution in [0, 0.1) is 0 Å². The van der Waals surface area contributed by atoms with Gasteiger partial charge in [-0.2, -0.15) is 0 Å². The van der Waals surface area contributed by atoms with Gasteiger partial charge in [-0.1, -0.05) is 0 Å². The number of rotatable bonds is 5. The average molecular weight is 152 g/mol. The summed E-state index contributed by atoms with van der Waals surface area (Å²) in [4.78, 5) is 8.12. The third kappa shape index (κ3) is 7.98. The Morgan fingerprint density at radius 1 is 1.78 bits per heavy atom. The molecule has 0 aromatic rings. The summed E-state index contributed by atoms with van der Waals surface area (Å²) in [5.74, 6) is 0. The highest BCUT2D eigenvalue weighted by molar-refractivity contribution is 7.32. The quantitative estimate of drug-likeness (QED) is 0.438. The Bertz CT molecular complexity index is 87.9. The molecule has 5 heteroatoms. The second-order valence-corrected chi connectivity index (χ2v) is 2.26. The van der Waals surface area contributed by atoms with Crippen LogP contribution in [0.25, 0.3) is 0 Å². The predicted molar refractivity (Wildman–Crippen MR) is 34.3 cm³/mol. The highest BCUT2D eigenvalue weighted by Crippen LogP contribution is 2.13. The summed E-state index contributed by atoms with van der Waals surface area (Å²) in [6.07, 6.45) is 0.762. The Morgan fingerprint density at radius 3 is 2.89 bits per heavy atom. The molecule has 0 spiro atoms. The Morgan fingerprint density at radius 2 is 2.44 bits per heavy atom. The fourth-order valence-corrected chi connectivity index (χ4v) is 0.677. The maximum absolute atomic E-state index is 9.87. The molecule has 0 saturated carbocycles. The van der Waals surface area contributed by atoms with E-state index in [1.54, 1.807) is 0 Å². The predicted octanol–water partition coefficient (Wildman–Crippen LogP) is 0.262. The second-order valence-electron chi connectivity index (χ2n) is 1.53. The van der Waals surface area contributed by atoms with Crippen molar-refractivity contribution in [2.45, 2.75) is 6.42 Å². The molecule has 0 heterocycles. The monoisotopic (exact) mass is 152 g/mol. The van der Waals surface area contributed by atoms with Gasteiger partial charge < -0.3 is 5.32 Å². The van der Waals surface area contributed by atoms with Gasteiger partial charge in [0, 0.05) is 4.57 Å². The summed E-state index contributed by atoms with van der Waals surface area (Å²) >= 11 is 0. The van der Waals surface area contributed by atoms with Crippen LogP contribution in [0.5, 0.6) is 0 Å². The van der Waals surface area contributed by atoms with Gasteiger partial charge in [0.05, 0.1) is 0 Å². The third-order valence-corrected chi connectivity index (χ3v) is 1.18. The van der Waals surface area contributed by atoms with Crippen LogP contribution in [-0.4, -0.2) is 25.1 Å². The molecule has 2 N–H and O–H groups in total. The lowest BCUT2D eigenvalue weighted by atomic mass is 10.5. The molecule has 0 aliphatic heterocycles. The van der Waals surface area contributed by atoms with Gasteiger partial charge in [-0.05, 0) is 20.0 Å². The fraction of sp³-hybridized carbons (Fsp3) is 1.00. The first-order valence-electron chi connectivity index (χ1n) is 2.71. The molecule has 0 amide bonds. The molecule has 0 aromatic heterocycles. The van der Waals surface area contributed by atoms with Crippen molar-refractivity contribution >= 4 is 8.25 Å². The van der Waals surface area contributed by atoms with Gasteiger partial charge in [-0.3, -0.25) is 0 Å². The zero-order chi connectivity index (χ0) is 7.11. The molecule has 1 unspecified atom stereocenters. The second kappa shape index (κ2) is 6.11. The SMILES string of the molecule is CNCCCO[P+](=O)O. The molecular formula is C4H11NO3P+. The Hall–Kier alpha value is -0.0200. The first-order chi connectivity index (χ1) is 4.27. The first-order valence-corrected chi connectivity index (χ1v) is 3.84. The van der Waals surface area contributed by atoms with E-state index in [4.69, 9.17) is 4.89 Å². The number of nitrogens with one attached hydrogen (secondary N) is 1. The summed E-state index contributed by atoms with van der Waals surface area (Å²) in [5, 5.41) is 2.88. The lowest BCUT2D eigenvalue weighted by Gasteiger charge is -1.90. The van der Waals surface area contributed by atoms with Crippen LogP contribution >= 0.6 is 8.25 Å². The van der Waals surface area contributed by atoms with Crippen molar-refractivity contribution in [3.8, 4) is 0 Å².